The summed E-state index contributed by atoms with van der Waals surface area (Å²) in [4.78, 5) is 14.8. The minimum atomic E-state index is -0.379. The number of nitrogens with one attached hydrogen (secondary N) is 1. The first kappa shape index (κ1) is 13.0. The van der Waals surface area contributed by atoms with E-state index in [4.69, 9.17) is 0 Å². The van der Waals surface area contributed by atoms with Crippen molar-refractivity contribution in [2.45, 2.75) is 13.5 Å². The molecule has 0 bridgehead atoms. The van der Waals surface area contributed by atoms with E-state index in [-0.39, 0.29) is 10.6 Å². The van der Waals surface area contributed by atoms with Gasteiger partial charge in [0, 0.05) is 30.6 Å². The number of hydrogen-bond acceptors (Lipinski definition) is 6. The maximum atomic E-state index is 10.9. The van der Waals surface area contributed by atoms with Crippen LogP contribution in [-0.4, -0.2) is 24.5 Å². The molecule has 8 heteroatoms. The molecule has 0 radical (unpaired) electrons. The molecule has 3 aromatic rings. The summed E-state index contributed by atoms with van der Waals surface area (Å²) in [5, 5.41) is 21.9. The highest BCUT2D eigenvalue weighted by atomic mass is 16.6. The van der Waals surface area contributed by atoms with E-state index in [2.05, 4.69) is 20.5 Å². The van der Waals surface area contributed by atoms with Crippen LogP contribution in [0.5, 0.6) is 0 Å². The van der Waals surface area contributed by atoms with Gasteiger partial charge in [0.2, 0.25) is 5.65 Å². The zero-order valence-electron chi connectivity index (χ0n) is 11.2. The van der Waals surface area contributed by atoms with Crippen molar-refractivity contribution in [1.82, 2.24) is 19.6 Å². The summed E-state index contributed by atoms with van der Waals surface area (Å²) < 4.78 is 1.75. The van der Waals surface area contributed by atoms with E-state index in [0.29, 0.717) is 23.6 Å². The van der Waals surface area contributed by atoms with Gasteiger partial charge in [-0.05, 0) is 12.5 Å². The molecule has 21 heavy (non-hydrogen) atoms. The van der Waals surface area contributed by atoms with Gasteiger partial charge in [0.05, 0.1) is 4.92 Å². The molecule has 0 unspecified atom stereocenters. The lowest BCUT2D eigenvalue weighted by Crippen LogP contribution is -2.06. The zero-order chi connectivity index (χ0) is 14.8. The van der Waals surface area contributed by atoms with Crippen LogP contribution < -0.4 is 5.32 Å². The molecule has 0 saturated heterocycles. The summed E-state index contributed by atoms with van der Waals surface area (Å²) >= 11 is 0. The number of nitro groups is 1. The summed E-state index contributed by atoms with van der Waals surface area (Å²) in [6.45, 7) is 2.16. The monoisotopic (exact) mass is 284 g/mol. The van der Waals surface area contributed by atoms with Crippen molar-refractivity contribution in [1.29, 1.82) is 0 Å². The Balaban J connectivity index is 1.87. The van der Waals surface area contributed by atoms with Gasteiger partial charge in [-0.1, -0.05) is 12.1 Å². The van der Waals surface area contributed by atoms with Crippen LogP contribution in [0.3, 0.4) is 0 Å². The van der Waals surface area contributed by atoms with Gasteiger partial charge in [-0.2, -0.15) is 0 Å². The summed E-state index contributed by atoms with van der Waals surface area (Å²) in [5.41, 5.74) is 2.21. The van der Waals surface area contributed by atoms with Crippen molar-refractivity contribution in [3.05, 3.63) is 58.2 Å². The largest absolute Gasteiger partial charge is 0.363 e. The fourth-order valence-electron chi connectivity index (χ4n) is 2.12. The highest BCUT2D eigenvalue weighted by Gasteiger charge is 2.13. The van der Waals surface area contributed by atoms with Gasteiger partial charge in [-0.25, -0.2) is 4.98 Å². The summed E-state index contributed by atoms with van der Waals surface area (Å²) in [6, 6.07) is 5.02. The Hall–Kier alpha value is -3.03. The molecule has 3 rings (SSSR count). The average molecular weight is 284 g/mol. The Morgan fingerprint density at radius 3 is 3.10 bits per heavy atom. The molecule has 0 atom stereocenters. The van der Waals surface area contributed by atoms with Crippen LogP contribution in [0.25, 0.3) is 5.65 Å². The van der Waals surface area contributed by atoms with Gasteiger partial charge in [-0.3, -0.25) is 14.5 Å². The van der Waals surface area contributed by atoms with Crippen molar-refractivity contribution in [3.8, 4) is 0 Å². The summed E-state index contributed by atoms with van der Waals surface area (Å²) in [5.74, 6) is 0.584. The molecule has 8 nitrogen and oxygen atoms in total. The van der Waals surface area contributed by atoms with E-state index in [1.165, 1.54) is 6.07 Å². The molecule has 0 fully saturated rings. The van der Waals surface area contributed by atoms with Crippen LogP contribution in [0, 0.1) is 17.0 Å². The third kappa shape index (κ3) is 2.38. The molecular formula is C13H12N6O2. The normalized spacial score (nSPS) is 10.7. The van der Waals surface area contributed by atoms with Crippen LogP contribution in [-0.2, 0) is 6.54 Å². The Kier molecular flexibility index (Phi) is 3.19. The minimum Gasteiger partial charge on any atom is -0.363 e. The van der Waals surface area contributed by atoms with Gasteiger partial charge < -0.3 is 5.32 Å². The van der Waals surface area contributed by atoms with Crippen molar-refractivity contribution >= 4 is 17.2 Å². The second kappa shape index (κ2) is 5.16. The second-order valence-electron chi connectivity index (χ2n) is 4.51. The van der Waals surface area contributed by atoms with Gasteiger partial charge in [0.25, 0.3) is 5.69 Å². The quantitative estimate of drug-likeness (QED) is 0.580. The van der Waals surface area contributed by atoms with Gasteiger partial charge in [0.15, 0.2) is 5.82 Å². The topological polar surface area (TPSA) is 98.2 Å². The van der Waals surface area contributed by atoms with Crippen LogP contribution in [0.2, 0.25) is 0 Å². The highest BCUT2D eigenvalue weighted by molar-refractivity contribution is 5.61. The molecule has 0 aliphatic heterocycles. The SMILES string of the molecule is Cc1c(CNc2nccn3cnnc23)cccc1[N+](=O)[O-]. The maximum absolute atomic E-state index is 10.9. The van der Waals surface area contributed by atoms with E-state index in [9.17, 15) is 10.1 Å². The van der Waals surface area contributed by atoms with Gasteiger partial charge in [-0.15, -0.1) is 10.2 Å². The number of nitrogens with zero attached hydrogens (tertiary/aromatic N) is 5. The first-order chi connectivity index (χ1) is 10.2. The molecule has 0 amide bonds. The molecule has 2 aromatic heterocycles. The predicted octanol–water partition coefficient (Wildman–Crippen LogP) is 1.95. The third-order valence-electron chi connectivity index (χ3n) is 3.28. The lowest BCUT2D eigenvalue weighted by molar-refractivity contribution is -0.385. The number of rotatable bonds is 4. The number of fused-ring (bicyclic) bond motifs is 1. The average Bonchev–Trinajstić information content (AvgIpc) is 2.95. The van der Waals surface area contributed by atoms with Crippen molar-refractivity contribution in [2.75, 3.05) is 5.32 Å². The van der Waals surface area contributed by atoms with Crippen molar-refractivity contribution in [2.24, 2.45) is 0 Å². The Morgan fingerprint density at radius 1 is 1.43 bits per heavy atom. The fraction of sp³-hybridized carbons (Fsp3) is 0.154. The lowest BCUT2D eigenvalue weighted by Gasteiger charge is -2.09. The first-order valence-electron chi connectivity index (χ1n) is 6.28. The van der Waals surface area contributed by atoms with E-state index in [1.807, 2.05) is 6.07 Å². The molecule has 1 aromatic carbocycles. The third-order valence-corrected chi connectivity index (χ3v) is 3.28. The standard InChI is InChI=1S/C13H12N6O2/c1-9-10(3-2-4-11(9)19(20)21)7-15-12-13-17-16-8-18(13)6-5-14-12/h2-6,8H,7H2,1H3,(H,14,15). The van der Waals surface area contributed by atoms with Crippen LogP contribution in [0.1, 0.15) is 11.1 Å². The lowest BCUT2D eigenvalue weighted by atomic mass is 10.1. The number of benzene rings is 1. The van der Waals surface area contributed by atoms with Crippen LogP contribution in [0.15, 0.2) is 36.9 Å². The van der Waals surface area contributed by atoms with Crippen LogP contribution in [0.4, 0.5) is 11.5 Å². The fourth-order valence-corrected chi connectivity index (χ4v) is 2.12. The van der Waals surface area contributed by atoms with Crippen molar-refractivity contribution in [3.63, 3.8) is 0 Å². The minimum absolute atomic E-state index is 0.114. The van der Waals surface area contributed by atoms with E-state index in [1.54, 1.807) is 36.1 Å². The molecule has 2 heterocycles. The Morgan fingerprint density at radius 2 is 2.29 bits per heavy atom. The molecular weight excluding hydrogens is 272 g/mol. The number of nitro benzene ring substituents is 1. The molecule has 0 aliphatic carbocycles. The number of anilines is 1. The highest BCUT2D eigenvalue weighted by Crippen LogP contribution is 2.22. The maximum Gasteiger partial charge on any atom is 0.272 e. The second-order valence-corrected chi connectivity index (χ2v) is 4.51. The van der Waals surface area contributed by atoms with Crippen molar-refractivity contribution < 1.29 is 4.92 Å². The zero-order valence-corrected chi connectivity index (χ0v) is 11.2. The van der Waals surface area contributed by atoms with Crippen LogP contribution >= 0.6 is 0 Å². The number of aromatic nitrogens is 4. The molecule has 1 N–H and O–H groups in total. The molecule has 106 valence electrons. The number of hydrogen-bond donors (Lipinski definition) is 1. The molecule has 0 saturated carbocycles. The predicted molar refractivity (Wildman–Crippen MR) is 75.9 cm³/mol. The first-order valence-corrected chi connectivity index (χ1v) is 6.28. The Bertz CT molecular complexity index is 813. The van der Waals surface area contributed by atoms with Gasteiger partial charge >= 0.3 is 0 Å². The smallest absolute Gasteiger partial charge is 0.272 e. The Labute approximate surface area is 119 Å². The summed E-state index contributed by atoms with van der Waals surface area (Å²) in [6.07, 6.45) is 4.97. The van der Waals surface area contributed by atoms with E-state index >= 15 is 0 Å². The molecule has 0 aliphatic rings. The van der Waals surface area contributed by atoms with E-state index < -0.39 is 0 Å². The summed E-state index contributed by atoms with van der Waals surface area (Å²) in [7, 11) is 0. The van der Waals surface area contributed by atoms with Gasteiger partial charge in [0.1, 0.15) is 6.33 Å². The molecule has 0 spiro atoms. The van der Waals surface area contributed by atoms with E-state index in [0.717, 1.165) is 5.56 Å².